The molecule has 1 aliphatic heterocycles. The highest BCUT2D eigenvalue weighted by atomic mass is 15.2. The molecule has 0 radical (unpaired) electrons. The van der Waals surface area contributed by atoms with Gasteiger partial charge in [0.05, 0.1) is 0 Å². The van der Waals surface area contributed by atoms with Crippen molar-refractivity contribution in [1.29, 1.82) is 0 Å². The number of likely N-dealkylation sites (N-methyl/N-ethyl adjacent to an activating group) is 1. The van der Waals surface area contributed by atoms with Crippen LogP contribution in [0.1, 0.15) is 18.4 Å². The van der Waals surface area contributed by atoms with E-state index < -0.39 is 0 Å². The molecular formula is C18H24N2. The van der Waals surface area contributed by atoms with Gasteiger partial charge in [0, 0.05) is 19.1 Å². The first-order valence-corrected chi connectivity index (χ1v) is 7.59. The van der Waals surface area contributed by atoms with Gasteiger partial charge in [0.25, 0.3) is 0 Å². The molecule has 2 nitrogen and oxygen atoms in total. The Morgan fingerprint density at radius 3 is 2.75 bits per heavy atom. The lowest BCUT2D eigenvalue weighted by molar-refractivity contribution is 0.128. The van der Waals surface area contributed by atoms with Crippen LogP contribution in [0, 0.1) is 0 Å². The Labute approximate surface area is 122 Å². The molecule has 2 aromatic carbocycles. The molecule has 3 rings (SSSR count). The van der Waals surface area contributed by atoms with Crippen molar-refractivity contribution in [2.75, 3.05) is 27.2 Å². The summed E-state index contributed by atoms with van der Waals surface area (Å²) in [6.07, 6.45) is 2.65. The van der Waals surface area contributed by atoms with Crippen LogP contribution in [0.5, 0.6) is 0 Å². The van der Waals surface area contributed by atoms with Gasteiger partial charge in [-0.1, -0.05) is 42.5 Å². The molecular weight excluding hydrogens is 244 g/mol. The zero-order valence-corrected chi connectivity index (χ0v) is 12.5. The van der Waals surface area contributed by atoms with E-state index in [-0.39, 0.29) is 0 Å². The summed E-state index contributed by atoms with van der Waals surface area (Å²) in [7, 11) is 4.40. The number of rotatable bonds is 3. The molecule has 1 fully saturated rings. The first-order chi connectivity index (χ1) is 9.74. The number of hydrogen-bond donors (Lipinski definition) is 0. The van der Waals surface area contributed by atoms with Crippen LogP contribution >= 0.6 is 0 Å². The topological polar surface area (TPSA) is 6.48 Å². The average Bonchev–Trinajstić information content (AvgIpc) is 2.48. The van der Waals surface area contributed by atoms with E-state index in [2.05, 4.69) is 66.4 Å². The fraction of sp³-hybridized carbons (Fsp3) is 0.444. The first kappa shape index (κ1) is 13.6. The van der Waals surface area contributed by atoms with E-state index in [4.69, 9.17) is 0 Å². The second-order valence-electron chi connectivity index (χ2n) is 6.13. The third-order valence-electron chi connectivity index (χ3n) is 4.48. The fourth-order valence-electron chi connectivity index (χ4n) is 3.27. The molecule has 0 aromatic heterocycles. The second kappa shape index (κ2) is 5.94. The minimum absolute atomic E-state index is 0.707. The zero-order valence-electron chi connectivity index (χ0n) is 12.5. The molecule has 2 aromatic rings. The van der Waals surface area contributed by atoms with Gasteiger partial charge in [0.2, 0.25) is 0 Å². The van der Waals surface area contributed by atoms with Crippen molar-refractivity contribution in [3.05, 3.63) is 48.0 Å². The number of likely N-dealkylation sites (tertiary alicyclic amines) is 1. The number of fused-ring (bicyclic) bond motifs is 1. The minimum Gasteiger partial charge on any atom is -0.305 e. The maximum Gasteiger partial charge on any atom is 0.0240 e. The van der Waals surface area contributed by atoms with Crippen molar-refractivity contribution >= 4 is 10.8 Å². The highest BCUT2D eigenvalue weighted by Gasteiger charge is 2.21. The van der Waals surface area contributed by atoms with E-state index in [9.17, 15) is 0 Å². The minimum atomic E-state index is 0.707. The average molecular weight is 268 g/mol. The number of piperidine rings is 1. The highest BCUT2D eigenvalue weighted by molar-refractivity contribution is 5.85. The van der Waals surface area contributed by atoms with Crippen LogP contribution in [-0.2, 0) is 6.54 Å². The summed E-state index contributed by atoms with van der Waals surface area (Å²) in [6.45, 7) is 3.50. The van der Waals surface area contributed by atoms with Crippen LogP contribution < -0.4 is 0 Å². The van der Waals surface area contributed by atoms with Crippen molar-refractivity contribution in [2.45, 2.75) is 25.4 Å². The van der Waals surface area contributed by atoms with E-state index in [1.54, 1.807) is 0 Å². The molecule has 0 amide bonds. The molecule has 0 N–H and O–H groups in total. The van der Waals surface area contributed by atoms with Crippen molar-refractivity contribution in [1.82, 2.24) is 9.80 Å². The van der Waals surface area contributed by atoms with E-state index in [0.29, 0.717) is 6.04 Å². The Hall–Kier alpha value is -1.38. The SMILES string of the molecule is CN(C)C1CCCN(Cc2cccc3ccccc23)C1. The normalized spacial score (nSPS) is 20.6. The van der Waals surface area contributed by atoms with Gasteiger partial charge in [-0.15, -0.1) is 0 Å². The molecule has 1 unspecified atom stereocenters. The van der Waals surface area contributed by atoms with Gasteiger partial charge in [-0.25, -0.2) is 0 Å². The van der Waals surface area contributed by atoms with Crippen molar-refractivity contribution in [2.24, 2.45) is 0 Å². The molecule has 1 aliphatic rings. The Balaban J connectivity index is 1.79. The van der Waals surface area contributed by atoms with E-state index in [1.807, 2.05) is 0 Å². The second-order valence-corrected chi connectivity index (χ2v) is 6.13. The van der Waals surface area contributed by atoms with Gasteiger partial charge in [-0.3, -0.25) is 4.90 Å². The lowest BCUT2D eigenvalue weighted by Gasteiger charge is -2.36. The van der Waals surface area contributed by atoms with E-state index in [0.717, 1.165) is 6.54 Å². The molecule has 20 heavy (non-hydrogen) atoms. The molecule has 1 atom stereocenters. The van der Waals surface area contributed by atoms with Crippen LogP contribution in [0.15, 0.2) is 42.5 Å². The summed E-state index contributed by atoms with van der Waals surface area (Å²) < 4.78 is 0. The van der Waals surface area contributed by atoms with Gasteiger partial charge in [0.1, 0.15) is 0 Å². The Kier molecular flexibility index (Phi) is 4.04. The molecule has 106 valence electrons. The summed E-state index contributed by atoms with van der Waals surface area (Å²) in [6, 6.07) is 16.1. The molecule has 1 heterocycles. The predicted molar refractivity (Wildman–Crippen MR) is 85.9 cm³/mol. The summed E-state index contributed by atoms with van der Waals surface area (Å²) in [5, 5.41) is 2.76. The highest BCUT2D eigenvalue weighted by Crippen LogP contribution is 2.22. The van der Waals surface area contributed by atoms with Gasteiger partial charge < -0.3 is 4.90 Å². The van der Waals surface area contributed by atoms with E-state index in [1.165, 1.54) is 42.3 Å². The smallest absolute Gasteiger partial charge is 0.0240 e. The van der Waals surface area contributed by atoms with Crippen LogP contribution in [0.3, 0.4) is 0 Å². The summed E-state index contributed by atoms with van der Waals surface area (Å²) in [5.41, 5.74) is 1.46. The zero-order chi connectivity index (χ0) is 13.9. The van der Waals surface area contributed by atoms with Gasteiger partial charge in [-0.2, -0.15) is 0 Å². The largest absolute Gasteiger partial charge is 0.305 e. The Bertz CT molecular complexity index is 571. The van der Waals surface area contributed by atoms with Crippen molar-refractivity contribution in [3.8, 4) is 0 Å². The van der Waals surface area contributed by atoms with Gasteiger partial charge in [-0.05, 0) is 49.8 Å². The Morgan fingerprint density at radius 1 is 1.10 bits per heavy atom. The number of hydrogen-bond acceptors (Lipinski definition) is 2. The van der Waals surface area contributed by atoms with Gasteiger partial charge in [0.15, 0.2) is 0 Å². The molecule has 0 spiro atoms. The maximum absolute atomic E-state index is 2.61. The molecule has 0 bridgehead atoms. The number of benzene rings is 2. The van der Waals surface area contributed by atoms with Crippen molar-refractivity contribution < 1.29 is 0 Å². The molecule has 1 saturated heterocycles. The third kappa shape index (κ3) is 2.87. The quantitative estimate of drug-likeness (QED) is 0.842. The lowest BCUT2D eigenvalue weighted by atomic mass is 10.0. The summed E-state index contributed by atoms with van der Waals surface area (Å²) in [5.74, 6) is 0. The Morgan fingerprint density at radius 2 is 1.90 bits per heavy atom. The standard InChI is InChI=1S/C18H24N2/c1-19(2)17-10-6-12-20(14-17)13-16-9-5-8-15-7-3-4-11-18(15)16/h3-5,7-9,11,17H,6,10,12-14H2,1-2H3. The van der Waals surface area contributed by atoms with E-state index >= 15 is 0 Å². The monoisotopic (exact) mass is 268 g/mol. The molecule has 0 aliphatic carbocycles. The molecule has 0 saturated carbocycles. The number of nitrogens with zero attached hydrogens (tertiary/aromatic N) is 2. The third-order valence-corrected chi connectivity index (χ3v) is 4.48. The van der Waals surface area contributed by atoms with Crippen LogP contribution in [0.25, 0.3) is 10.8 Å². The van der Waals surface area contributed by atoms with Crippen molar-refractivity contribution in [3.63, 3.8) is 0 Å². The molecule has 2 heteroatoms. The van der Waals surface area contributed by atoms with Crippen LogP contribution in [0.2, 0.25) is 0 Å². The van der Waals surface area contributed by atoms with Crippen LogP contribution in [0.4, 0.5) is 0 Å². The summed E-state index contributed by atoms with van der Waals surface area (Å²) >= 11 is 0. The van der Waals surface area contributed by atoms with Crippen LogP contribution in [-0.4, -0.2) is 43.0 Å². The van der Waals surface area contributed by atoms with Gasteiger partial charge >= 0.3 is 0 Å². The predicted octanol–water partition coefficient (Wildman–Crippen LogP) is 3.37. The lowest BCUT2D eigenvalue weighted by Crippen LogP contribution is -2.44. The maximum atomic E-state index is 2.61. The first-order valence-electron chi connectivity index (χ1n) is 7.59. The fourth-order valence-corrected chi connectivity index (χ4v) is 3.27. The summed E-state index contributed by atoms with van der Waals surface area (Å²) in [4.78, 5) is 4.98.